The zero-order chi connectivity index (χ0) is 16.6. The molecule has 118 valence electrons. The summed E-state index contributed by atoms with van der Waals surface area (Å²) in [6.07, 6.45) is -4.41. The second-order valence-electron chi connectivity index (χ2n) is 4.88. The number of alkyl halides is 3. The van der Waals surface area contributed by atoms with Gasteiger partial charge >= 0.3 is 6.18 Å². The Bertz CT molecular complexity index is 882. The van der Waals surface area contributed by atoms with Crippen LogP contribution < -0.4 is 5.73 Å². The minimum absolute atomic E-state index is 0.0315. The summed E-state index contributed by atoms with van der Waals surface area (Å²) < 4.78 is 38.2. The third kappa shape index (κ3) is 2.83. The maximum atomic E-state index is 12.7. The second-order valence-corrected chi connectivity index (χ2v) is 4.88. The summed E-state index contributed by atoms with van der Waals surface area (Å²) in [5, 5.41) is 11.5. The summed E-state index contributed by atoms with van der Waals surface area (Å²) in [5.41, 5.74) is 6.66. The number of hydrogen-bond donors (Lipinski definition) is 3. The van der Waals surface area contributed by atoms with E-state index < -0.39 is 11.7 Å². The topological polar surface area (TPSA) is 87.3 Å². The van der Waals surface area contributed by atoms with Crippen LogP contribution in [0, 0.1) is 0 Å². The first kappa shape index (κ1) is 14.9. The van der Waals surface area contributed by atoms with Gasteiger partial charge in [-0.05, 0) is 18.2 Å². The number of imidazole rings is 1. The standard InChI is InChI=1S/C15H11F3N4O/c16-15(17,18)10-5-6-11-12(7-10)21-14(20-11)9-3-1-8(2-4-9)13(19)22-23/h1-7,23H,(H2,19,22)(H,20,21). The van der Waals surface area contributed by atoms with Crippen molar-refractivity contribution in [3.05, 3.63) is 53.6 Å². The Morgan fingerprint density at radius 3 is 2.43 bits per heavy atom. The molecule has 0 atom stereocenters. The van der Waals surface area contributed by atoms with E-state index in [2.05, 4.69) is 15.1 Å². The molecule has 1 aromatic heterocycles. The Morgan fingerprint density at radius 1 is 1.13 bits per heavy atom. The Kier molecular flexibility index (Phi) is 3.44. The van der Waals surface area contributed by atoms with Gasteiger partial charge in [-0.25, -0.2) is 4.98 Å². The molecule has 4 N–H and O–H groups in total. The molecule has 0 aliphatic rings. The molecule has 5 nitrogen and oxygen atoms in total. The lowest BCUT2D eigenvalue weighted by molar-refractivity contribution is -0.137. The molecule has 3 aromatic rings. The molecule has 0 amide bonds. The molecule has 0 saturated heterocycles. The molecule has 1 heterocycles. The highest BCUT2D eigenvalue weighted by Gasteiger charge is 2.30. The van der Waals surface area contributed by atoms with Gasteiger partial charge in [-0.3, -0.25) is 0 Å². The smallest absolute Gasteiger partial charge is 0.409 e. The molecule has 3 rings (SSSR count). The van der Waals surface area contributed by atoms with Crippen molar-refractivity contribution in [1.29, 1.82) is 0 Å². The molecule has 0 aliphatic heterocycles. The number of H-pyrrole nitrogens is 1. The zero-order valence-electron chi connectivity index (χ0n) is 11.6. The Balaban J connectivity index is 2.00. The van der Waals surface area contributed by atoms with Crippen LogP contribution in [-0.4, -0.2) is 21.0 Å². The van der Waals surface area contributed by atoms with E-state index in [0.717, 1.165) is 12.1 Å². The first-order chi connectivity index (χ1) is 10.9. The SMILES string of the molecule is N/C(=N\O)c1ccc(-c2nc3cc(C(F)(F)F)ccc3[nH]2)cc1. The summed E-state index contributed by atoms with van der Waals surface area (Å²) >= 11 is 0. The van der Waals surface area contributed by atoms with E-state index in [4.69, 9.17) is 10.9 Å². The van der Waals surface area contributed by atoms with Crippen LogP contribution in [0.4, 0.5) is 13.2 Å². The van der Waals surface area contributed by atoms with Crippen LogP contribution >= 0.6 is 0 Å². The number of halogens is 3. The molecular formula is C15H11F3N4O. The van der Waals surface area contributed by atoms with Crippen LogP contribution in [0.1, 0.15) is 11.1 Å². The predicted molar refractivity (Wildman–Crippen MR) is 79.0 cm³/mol. The van der Waals surface area contributed by atoms with Crippen molar-refractivity contribution < 1.29 is 18.4 Å². The maximum Gasteiger partial charge on any atom is 0.416 e. The van der Waals surface area contributed by atoms with Gasteiger partial charge < -0.3 is 15.9 Å². The highest BCUT2D eigenvalue weighted by Crippen LogP contribution is 2.31. The zero-order valence-corrected chi connectivity index (χ0v) is 11.6. The van der Waals surface area contributed by atoms with Gasteiger partial charge in [0, 0.05) is 11.1 Å². The van der Waals surface area contributed by atoms with Crippen molar-refractivity contribution in [1.82, 2.24) is 9.97 Å². The van der Waals surface area contributed by atoms with Gasteiger partial charge in [0.2, 0.25) is 0 Å². The number of nitrogens with one attached hydrogen (secondary N) is 1. The lowest BCUT2D eigenvalue weighted by Crippen LogP contribution is -2.12. The van der Waals surface area contributed by atoms with E-state index >= 15 is 0 Å². The van der Waals surface area contributed by atoms with Crippen LogP contribution in [0.5, 0.6) is 0 Å². The minimum Gasteiger partial charge on any atom is -0.409 e. The number of oxime groups is 1. The molecule has 0 radical (unpaired) electrons. The van der Waals surface area contributed by atoms with Crippen molar-refractivity contribution in [3.8, 4) is 11.4 Å². The predicted octanol–water partition coefficient (Wildman–Crippen LogP) is 3.34. The molecule has 8 heteroatoms. The number of fused-ring (bicyclic) bond motifs is 1. The summed E-state index contributed by atoms with van der Waals surface area (Å²) in [7, 11) is 0. The lowest BCUT2D eigenvalue weighted by Gasteiger charge is -2.04. The molecular weight excluding hydrogens is 309 g/mol. The number of amidine groups is 1. The number of rotatable bonds is 2. The third-order valence-electron chi connectivity index (χ3n) is 3.37. The van der Waals surface area contributed by atoms with E-state index in [-0.39, 0.29) is 11.4 Å². The van der Waals surface area contributed by atoms with Crippen LogP contribution in [0.15, 0.2) is 47.6 Å². The van der Waals surface area contributed by atoms with Gasteiger partial charge in [0.1, 0.15) is 5.82 Å². The van der Waals surface area contributed by atoms with Crippen LogP contribution in [0.2, 0.25) is 0 Å². The number of aromatic nitrogens is 2. The number of benzene rings is 2. The van der Waals surface area contributed by atoms with Crippen molar-refractivity contribution in [2.75, 3.05) is 0 Å². The van der Waals surface area contributed by atoms with Crippen molar-refractivity contribution in [2.24, 2.45) is 10.9 Å². The lowest BCUT2D eigenvalue weighted by atomic mass is 10.1. The Labute approximate surface area is 128 Å². The van der Waals surface area contributed by atoms with E-state index in [0.29, 0.717) is 22.5 Å². The summed E-state index contributed by atoms with van der Waals surface area (Å²) in [6, 6.07) is 9.95. The molecule has 0 bridgehead atoms. The van der Waals surface area contributed by atoms with Crippen LogP contribution in [-0.2, 0) is 6.18 Å². The average Bonchev–Trinajstić information content (AvgIpc) is 2.96. The van der Waals surface area contributed by atoms with Crippen LogP contribution in [0.25, 0.3) is 22.4 Å². The number of hydrogen-bond acceptors (Lipinski definition) is 3. The third-order valence-corrected chi connectivity index (χ3v) is 3.37. The largest absolute Gasteiger partial charge is 0.416 e. The fourth-order valence-electron chi connectivity index (χ4n) is 2.18. The molecule has 0 fully saturated rings. The first-order valence-corrected chi connectivity index (χ1v) is 6.54. The van der Waals surface area contributed by atoms with Crippen LogP contribution in [0.3, 0.4) is 0 Å². The molecule has 0 saturated carbocycles. The number of nitrogens with two attached hydrogens (primary N) is 1. The van der Waals surface area contributed by atoms with Gasteiger partial charge in [0.15, 0.2) is 5.84 Å². The minimum atomic E-state index is -4.41. The molecule has 0 spiro atoms. The maximum absolute atomic E-state index is 12.7. The summed E-state index contributed by atoms with van der Waals surface area (Å²) in [5.74, 6) is 0.404. The van der Waals surface area contributed by atoms with E-state index in [1.165, 1.54) is 6.07 Å². The highest BCUT2D eigenvalue weighted by molar-refractivity contribution is 5.97. The second kappa shape index (κ2) is 5.31. The van der Waals surface area contributed by atoms with Crippen molar-refractivity contribution in [2.45, 2.75) is 6.18 Å². The first-order valence-electron chi connectivity index (χ1n) is 6.54. The average molecular weight is 320 g/mol. The van der Waals surface area contributed by atoms with Gasteiger partial charge in [0.05, 0.1) is 16.6 Å². The van der Waals surface area contributed by atoms with E-state index in [1.807, 2.05) is 0 Å². The fourth-order valence-corrected chi connectivity index (χ4v) is 2.18. The number of aromatic amines is 1. The van der Waals surface area contributed by atoms with Gasteiger partial charge in [-0.15, -0.1) is 0 Å². The quantitative estimate of drug-likeness (QED) is 0.293. The van der Waals surface area contributed by atoms with E-state index in [1.54, 1.807) is 24.3 Å². The fraction of sp³-hybridized carbons (Fsp3) is 0.0667. The molecule has 0 unspecified atom stereocenters. The normalized spacial score (nSPS) is 12.7. The molecule has 23 heavy (non-hydrogen) atoms. The Morgan fingerprint density at radius 2 is 1.83 bits per heavy atom. The molecule has 2 aromatic carbocycles. The van der Waals surface area contributed by atoms with Gasteiger partial charge in [0.25, 0.3) is 0 Å². The summed E-state index contributed by atoms with van der Waals surface area (Å²) in [6.45, 7) is 0. The Hall–Kier alpha value is -3.03. The van der Waals surface area contributed by atoms with Gasteiger partial charge in [-0.1, -0.05) is 29.4 Å². The molecule has 0 aliphatic carbocycles. The highest BCUT2D eigenvalue weighted by atomic mass is 19.4. The van der Waals surface area contributed by atoms with Gasteiger partial charge in [-0.2, -0.15) is 13.2 Å². The number of nitrogens with zero attached hydrogens (tertiary/aromatic N) is 2. The van der Waals surface area contributed by atoms with Crippen molar-refractivity contribution in [3.63, 3.8) is 0 Å². The summed E-state index contributed by atoms with van der Waals surface area (Å²) in [4.78, 5) is 7.15. The van der Waals surface area contributed by atoms with Crippen molar-refractivity contribution >= 4 is 16.9 Å². The van der Waals surface area contributed by atoms with E-state index in [9.17, 15) is 13.2 Å². The monoisotopic (exact) mass is 320 g/mol.